The number of nitrogens with zero attached hydrogens (tertiary/aromatic N) is 1. The zero-order valence-corrected chi connectivity index (χ0v) is 16.2. The monoisotopic (exact) mass is 406 g/mol. The van der Waals surface area contributed by atoms with Crippen LogP contribution in [0.15, 0.2) is 57.5 Å². The summed E-state index contributed by atoms with van der Waals surface area (Å²) in [5.74, 6) is 0.0135. The Labute approximate surface area is 161 Å². The number of rotatable bonds is 8. The van der Waals surface area contributed by atoms with Crippen molar-refractivity contribution in [3.8, 4) is 0 Å². The number of benzene rings is 1. The minimum absolute atomic E-state index is 0.0517. The summed E-state index contributed by atoms with van der Waals surface area (Å²) in [6.45, 7) is 2.20. The summed E-state index contributed by atoms with van der Waals surface area (Å²) in [6.07, 6.45) is 2.08. The Morgan fingerprint density at radius 1 is 1.26 bits per heavy atom. The maximum atomic E-state index is 12.3. The lowest BCUT2D eigenvalue weighted by atomic mass is 10.2. The second-order valence-corrected chi connectivity index (χ2v) is 8.38. The minimum atomic E-state index is -3.70. The van der Waals surface area contributed by atoms with Crippen LogP contribution >= 0.6 is 11.3 Å². The topological polar surface area (TPSA) is 98.5 Å². The predicted octanol–water partition coefficient (Wildman–Crippen LogP) is 2.92. The van der Waals surface area contributed by atoms with Gasteiger partial charge in [0.05, 0.1) is 41.1 Å². The van der Waals surface area contributed by atoms with Crippen LogP contribution in [0.2, 0.25) is 0 Å². The van der Waals surface area contributed by atoms with Crippen molar-refractivity contribution in [2.45, 2.75) is 24.8 Å². The molecule has 7 nitrogen and oxygen atoms in total. The molecule has 0 unspecified atom stereocenters. The van der Waals surface area contributed by atoms with Crippen molar-refractivity contribution in [1.29, 1.82) is 0 Å². The molecule has 0 aliphatic rings. The van der Waals surface area contributed by atoms with Gasteiger partial charge in [-0.2, -0.15) is 0 Å². The van der Waals surface area contributed by atoms with E-state index in [4.69, 9.17) is 9.15 Å². The number of carbonyl (C=O) groups is 1. The van der Waals surface area contributed by atoms with E-state index < -0.39 is 16.0 Å². The summed E-state index contributed by atoms with van der Waals surface area (Å²) in [6, 6.07) is 8.96. The smallest absolute Gasteiger partial charge is 0.338 e. The SMILES string of the molecule is Cc1ncsc1CCOC(=O)c1ccc(S(=O)(=O)NCc2ccco2)cc1. The number of carbonyl (C=O) groups excluding carboxylic acids is 1. The molecule has 2 aromatic heterocycles. The fraction of sp³-hybridized carbons (Fsp3) is 0.222. The number of sulfonamides is 1. The van der Waals surface area contributed by atoms with Gasteiger partial charge in [0.2, 0.25) is 10.0 Å². The highest BCUT2D eigenvalue weighted by atomic mass is 32.2. The highest BCUT2D eigenvalue weighted by Crippen LogP contribution is 2.15. The Morgan fingerprint density at radius 3 is 2.67 bits per heavy atom. The van der Waals surface area contributed by atoms with Crippen LogP contribution in [0.3, 0.4) is 0 Å². The molecule has 27 heavy (non-hydrogen) atoms. The lowest BCUT2D eigenvalue weighted by Gasteiger charge is -2.07. The van der Waals surface area contributed by atoms with Crippen LogP contribution in [0.1, 0.15) is 26.7 Å². The molecule has 0 aliphatic carbocycles. The second kappa shape index (κ2) is 8.47. The molecule has 2 heterocycles. The predicted molar refractivity (Wildman–Crippen MR) is 100 cm³/mol. The summed E-state index contributed by atoms with van der Waals surface area (Å²) in [5, 5.41) is 0. The summed E-state index contributed by atoms with van der Waals surface area (Å²) in [5.41, 5.74) is 2.99. The van der Waals surface area contributed by atoms with E-state index in [1.807, 2.05) is 6.92 Å². The van der Waals surface area contributed by atoms with E-state index in [2.05, 4.69) is 9.71 Å². The van der Waals surface area contributed by atoms with Gasteiger partial charge >= 0.3 is 5.97 Å². The molecule has 0 fully saturated rings. The first-order valence-corrected chi connectivity index (χ1v) is 10.5. The van der Waals surface area contributed by atoms with Crippen LogP contribution in [-0.2, 0) is 27.7 Å². The van der Waals surface area contributed by atoms with Gasteiger partial charge < -0.3 is 9.15 Å². The van der Waals surface area contributed by atoms with E-state index in [-0.39, 0.29) is 18.0 Å². The maximum absolute atomic E-state index is 12.3. The van der Waals surface area contributed by atoms with Crippen LogP contribution in [0.5, 0.6) is 0 Å². The molecule has 1 N–H and O–H groups in total. The fourth-order valence-corrected chi connectivity index (χ4v) is 4.07. The zero-order chi connectivity index (χ0) is 19.3. The molecule has 0 spiro atoms. The van der Waals surface area contributed by atoms with Crippen molar-refractivity contribution < 1.29 is 22.4 Å². The molecule has 1 aromatic carbocycles. The molecule has 0 saturated heterocycles. The second-order valence-electron chi connectivity index (χ2n) is 5.68. The molecule has 0 bridgehead atoms. The van der Waals surface area contributed by atoms with Gasteiger partial charge in [0.1, 0.15) is 5.76 Å². The molecule has 3 aromatic rings. The third-order valence-electron chi connectivity index (χ3n) is 3.82. The summed E-state index contributed by atoms with van der Waals surface area (Å²) >= 11 is 1.52. The molecule has 142 valence electrons. The number of hydrogen-bond acceptors (Lipinski definition) is 7. The molecule has 0 aliphatic heterocycles. The van der Waals surface area contributed by atoms with E-state index in [9.17, 15) is 13.2 Å². The molecule has 0 saturated carbocycles. The number of ether oxygens (including phenoxy) is 1. The maximum Gasteiger partial charge on any atom is 0.338 e. The fourth-order valence-electron chi connectivity index (χ4n) is 2.32. The van der Waals surface area contributed by atoms with E-state index in [1.54, 1.807) is 17.6 Å². The van der Waals surface area contributed by atoms with Gasteiger partial charge in [-0.1, -0.05) is 0 Å². The van der Waals surface area contributed by atoms with Gasteiger partial charge in [-0.25, -0.2) is 22.9 Å². The van der Waals surface area contributed by atoms with Crippen molar-refractivity contribution in [3.63, 3.8) is 0 Å². The molecular weight excluding hydrogens is 388 g/mol. The van der Waals surface area contributed by atoms with Crippen LogP contribution in [0.4, 0.5) is 0 Å². The van der Waals surface area contributed by atoms with E-state index in [0.29, 0.717) is 17.7 Å². The van der Waals surface area contributed by atoms with Crippen LogP contribution in [0.25, 0.3) is 0 Å². The number of aryl methyl sites for hydroxylation is 1. The normalized spacial score (nSPS) is 11.4. The molecule has 9 heteroatoms. The van der Waals surface area contributed by atoms with Gasteiger partial charge in [0.25, 0.3) is 0 Å². The van der Waals surface area contributed by atoms with Crippen molar-refractivity contribution in [1.82, 2.24) is 9.71 Å². The highest BCUT2D eigenvalue weighted by molar-refractivity contribution is 7.89. The first-order valence-electron chi connectivity index (χ1n) is 8.14. The van der Waals surface area contributed by atoms with E-state index >= 15 is 0 Å². The number of nitrogens with one attached hydrogen (secondary N) is 1. The number of thiazole rings is 1. The summed E-state index contributed by atoms with van der Waals surface area (Å²) < 4.78 is 37.3. The molecule has 0 radical (unpaired) electrons. The standard InChI is InChI=1S/C18H18N2O5S2/c1-13-17(26-12-19-13)8-10-25-18(21)14-4-6-16(7-5-14)27(22,23)20-11-15-3-2-9-24-15/h2-7,9,12,20H,8,10-11H2,1H3. The average molecular weight is 406 g/mol. The molecule has 3 rings (SSSR count). The largest absolute Gasteiger partial charge is 0.468 e. The minimum Gasteiger partial charge on any atom is -0.468 e. The Balaban J connectivity index is 1.55. The lowest BCUT2D eigenvalue weighted by molar-refractivity contribution is 0.0509. The van der Waals surface area contributed by atoms with Crippen molar-refractivity contribution in [2.75, 3.05) is 6.61 Å². The van der Waals surface area contributed by atoms with Gasteiger partial charge in [-0.05, 0) is 43.3 Å². The molecule has 0 amide bonds. The van der Waals surface area contributed by atoms with Gasteiger partial charge in [0.15, 0.2) is 0 Å². The zero-order valence-electron chi connectivity index (χ0n) is 14.5. The highest BCUT2D eigenvalue weighted by Gasteiger charge is 2.16. The van der Waals surface area contributed by atoms with Gasteiger partial charge in [-0.15, -0.1) is 11.3 Å². The van der Waals surface area contributed by atoms with Crippen molar-refractivity contribution in [2.24, 2.45) is 0 Å². The van der Waals surface area contributed by atoms with Gasteiger partial charge in [-0.3, -0.25) is 0 Å². The first kappa shape index (κ1) is 19.3. The Morgan fingerprint density at radius 2 is 2.04 bits per heavy atom. The van der Waals surface area contributed by atoms with E-state index in [1.165, 1.54) is 41.9 Å². The van der Waals surface area contributed by atoms with Crippen LogP contribution < -0.4 is 4.72 Å². The van der Waals surface area contributed by atoms with E-state index in [0.717, 1.165) is 10.6 Å². The average Bonchev–Trinajstić information content (AvgIpc) is 3.32. The Bertz CT molecular complexity index is 993. The van der Waals surface area contributed by atoms with Crippen LogP contribution in [0, 0.1) is 6.92 Å². The Kier molecular flexibility index (Phi) is 6.04. The van der Waals surface area contributed by atoms with Crippen molar-refractivity contribution in [3.05, 3.63) is 70.1 Å². The quantitative estimate of drug-likeness (QED) is 0.578. The lowest BCUT2D eigenvalue weighted by Crippen LogP contribution is -2.23. The summed E-state index contributed by atoms with van der Waals surface area (Å²) in [4.78, 5) is 17.4. The van der Waals surface area contributed by atoms with Gasteiger partial charge in [0, 0.05) is 11.3 Å². The van der Waals surface area contributed by atoms with Crippen molar-refractivity contribution >= 4 is 27.3 Å². The third kappa shape index (κ3) is 5.03. The third-order valence-corrected chi connectivity index (χ3v) is 6.24. The molecular formula is C18H18N2O5S2. The number of esters is 1. The number of hydrogen-bond donors (Lipinski definition) is 1. The number of furan rings is 1. The first-order chi connectivity index (χ1) is 13.0. The summed E-state index contributed by atoms with van der Waals surface area (Å²) in [7, 11) is -3.70. The number of aromatic nitrogens is 1. The van der Waals surface area contributed by atoms with Crippen LogP contribution in [-0.4, -0.2) is 26.0 Å². The molecule has 0 atom stereocenters. The Hall–Kier alpha value is -2.49.